The third-order valence-electron chi connectivity index (χ3n) is 6.61. The molecule has 0 aliphatic heterocycles. The monoisotopic (exact) mass is 407 g/mol. The molecule has 0 aromatic carbocycles. The zero-order valence-electron chi connectivity index (χ0n) is 17.3. The number of H-pyrrole nitrogens is 1. The third-order valence-corrected chi connectivity index (χ3v) is 6.97. The van der Waals surface area contributed by atoms with Gasteiger partial charge in [-0.25, -0.2) is 0 Å². The van der Waals surface area contributed by atoms with Gasteiger partial charge in [0.25, 0.3) is 5.56 Å². The van der Waals surface area contributed by atoms with Crippen molar-refractivity contribution in [2.75, 3.05) is 0 Å². The van der Waals surface area contributed by atoms with E-state index >= 15 is 0 Å². The molecule has 1 amide bonds. The second-order valence-electron chi connectivity index (χ2n) is 8.80. The minimum Gasteiger partial charge on any atom is -0.352 e. The van der Waals surface area contributed by atoms with Gasteiger partial charge in [-0.15, -0.1) is 11.6 Å². The van der Waals surface area contributed by atoms with Gasteiger partial charge < -0.3 is 15.6 Å². The quantitative estimate of drug-likeness (QED) is 0.653. The molecular formula is C22H34ClN3O2. The highest BCUT2D eigenvalue weighted by Crippen LogP contribution is 2.34. The Hall–Kier alpha value is -1.33. The summed E-state index contributed by atoms with van der Waals surface area (Å²) in [4.78, 5) is 28.0. The number of aromatic amines is 1. The summed E-state index contributed by atoms with van der Waals surface area (Å²) in [6, 6.07) is 2.77. The Kier molecular flexibility index (Phi) is 7.21. The van der Waals surface area contributed by atoms with Crippen molar-refractivity contribution in [2.45, 2.75) is 89.7 Å². The Bertz CT molecular complexity index is 742. The van der Waals surface area contributed by atoms with Crippen molar-refractivity contribution in [1.29, 1.82) is 0 Å². The smallest absolute Gasteiger partial charge is 0.253 e. The molecule has 1 aromatic heterocycles. The van der Waals surface area contributed by atoms with E-state index in [1.54, 1.807) is 0 Å². The minimum absolute atomic E-state index is 0.00710. The molecule has 0 radical (unpaired) electrons. The molecular weight excluding hydrogens is 374 g/mol. The van der Waals surface area contributed by atoms with Crippen LogP contribution < -0.4 is 16.2 Å². The van der Waals surface area contributed by atoms with Gasteiger partial charge in [-0.05, 0) is 57.1 Å². The molecule has 5 nitrogen and oxygen atoms in total. The van der Waals surface area contributed by atoms with Crippen LogP contribution in [0.3, 0.4) is 0 Å². The standard InChI is InChI=1S/C22H34ClN3O2/c1-13-9-14(2)25-22(28)19(13)12-24-21(27)18-10-16(23)11-20(15(18)3)26-17-7-5-4-6-8-17/h9,15-18,20,26H,4-8,10-12H2,1-3H3,(H,24,27)(H,25,28). The molecule has 2 aliphatic rings. The zero-order chi connectivity index (χ0) is 20.3. The first-order valence-corrected chi connectivity index (χ1v) is 11.2. The maximum Gasteiger partial charge on any atom is 0.253 e. The molecule has 156 valence electrons. The average Bonchev–Trinajstić information content (AvgIpc) is 2.64. The summed E-state index contributed by atoms with van der Waals surface area (Å²) in [5.74, 6) is 0.115. The molecule has 4 atom stereocenters. The van der Waals surface area contributed by atoms with Crippen LogP contribution in [0, 0.1) is 25.7 Å². The molecule has 3 rings (SSSR count). The molecule has 2 aliphatic carbocycles. The fourth-order valence-corrected chi connectivity index (χ4v) is 5.29. The molecule has 6 heteroatoms. The lowest BCUT2D eigenvalue weighted by Crippen LogP contribution is -2.52. The summed E-state index contributed by atoms with van der Waals surface area (Å²) >= 11 is 6.54. The summed E-state index contributed by atoms with van der Waals surface area (Å²) in [5, 5.41) is 6.81. The van der Waals surface area contributed by atoms with E-state index < -0.39 is 0 Å². The number of halogens is 1. The molecule has 4 unspecified atom stereocenters. The SMILES string of the molecule is Cc1cc(C)c(CNC(=O)C2CC(Cl)CC(NC3CCCCC3)C2C)c(=O)[nH]1. The van der Waals surface area contributed by atoms with Gasteiger partial charge in [0.15, 0.2) is 0 Å². The van der Waals surface area contributed by atoms with E-state index in [9.17, 15) is 9.59 Å². The summed E-state index contributed by atoms with van der Waals surface area (Å²) in [6.45, 7) is 6.20. The van der Waals surface area contributed by atoms with Gasteiger partial charge in [-0.1, -0.05) is 26.2 Å². The molecule has 0 saturated heterocycles. The summed E-state index contributed by atoms with van der Waals surface area (Å²) in [7, 11) is 0. The number of aromatic nitrogens is 1. The summed E-state index contributed by atoms with van der Waals surface area (Å²) in [5.41, 5.74) is 2.24. The van der Waals surface area contributed by atoms with Crippen molar-refractivity contribution in [3.63, 3.8) is 0 Å². The number of hydrogen-bond donors (Lipinski definition) is 3. The lowest BCUT2D eigenvalue weighted by Gasteiger charge is -2.40. The molecule has 2 fully saturated rings. The van der Waals surface area contributed by atoms with Crippen LogP contribution in [0.15, 0.2) is 10.9 Å². The second kappa shape index (κ2) is 9.45. The highest BCUT2D eigenvalue weighted by Gasteiger charge is 2.39. The lowest BCUT2D eigenvalue weighted by atomic mass is 9.75. The Morgan fingerprint density at radius 3 is 2.61 bits per heavy atom. The number of carbonyl (C=O) groups excluding carboxylic acids is 1. The molecule has 0 spiro atoms. The van der Waals surface area contributed by atoms with E-state index in [0.29, 0.717) is 18.0 Å². The fraction of sp³-hybridized carbons (Fsp3) is 0.727. The lowest BCUT2D eigenvalue weighted by molar-refractivity contribution is -0.128. The van der Waals surface area contributed by atoms with Crippen molar-refractivity contribution >= 4 is 17.5 Å². The van der Waals surface area contributed by atoms with Crippen molar-refractivity contribution < 1.29 is 4.79 Å². The number of pyridine rings is 1. The molecule has 0 bridgehead atoms. The molecule has 28 heavy (non-hydrogen) atoms. The highest BCUT2D eigenvalue weighted by molar-refractivity contribution is 6.20. The third kappa shape index (κ3) is 5.18. The number of aryl methyl sites for hydroxylation is 2. The van der Waals surface area contributed by atoms with Crippen LogP contribution in [0.5, 0.6) is 0 Å². The Labute approximate surface area is 173 Å². The second-order valence-corrected chi connectivity index (χ2v) is 9.42. The molecule has 2 saturated carbocycles. The minimum atomic E-state index is -0.124. The largest absolute Gasteiger partial charge is 0.352 e. The number of hydrogen-bond acceptors (Lipinski definition) is 3. The van der Waals surface area contributed by atoms with Crippen molar-refractivity contribution in [3.05, 3.63) is 33.2 Å². The first-order valence-electron chi connectivity index (χ1n) is 10.7. The number of amides is 1. The van der Waals surface area contributed by atoms with Gasteiger partial charge in [0.05, 0.1) is 0 Å². The van der Waals surface area contributed by atoms with E-state index in [1.165, 1.54) is 32.1 Å². The maximum atomic E-state index is 12.9. The molecule has 1 heterocycles. The predicted octanol–water partition coefficient (Wildman–Crippen LogP) is 3.55. The van der Waals surface area contributed by atoms with E-state index in [2.05, 4.69) is 22.5 Å². The Morgan fingerprint density at radius 1 is 1.21 bits per heavy atom. The van der Waals surface area contributed by atoms with Crippen molar-refractivity contribution in [1.82, 2.24) is 15.6 Å². The van der Waals surface area contributed by atoms with Gasteiger partial charge in [0.2, 0.25) is 5.91 Å². The van der Waals surface area contributed by atoms with E-state index in [0.717, 1.165) is 17.7 Å². The first-order chi connectivity index (χ1) is 13.3. The highest BCUT2D eigenvalue weighted by atomic mass is 35.5. The van der Waals surface area contributed by atoms with Gasteiger partial charge in [-0.2, -0.15) is 0 Å². The van der Waals surface area contributed by atoms with Crippen LogP contribution in [0.25, 0.3) is 0 Å². The van der Waals surface area contributed by atoms with Crippen LogP contribution in [-0.2, 0) is 11.3 Å². The number of carbonyl (C=O) groups is 1. The normalized spacial score (nSPS) is 28.9. The zero-order valence-corrected chi connectivity index (χ0v) is 18.1. The van der Waals surface area contributed by atoms with Gasteiger partial charge >= 0.3 is 0 Å². The first kappa shape index (κ1) is 21.4. The van der Waals surface area contributed by atoms with Crippen LogP contribution in [0.1, 0.15) is 68.7 Å². The Morgan fingerprint density at radius 2 is 1.93 bits per heavy atom. The van der Waals surface area contributed by atoms with Gasteiger partial charge in [0, 0.05) is 41.2 Å². The van der Waals surface area contributed by atoms with Crippen LogP contribution in [0.4, 0.5) is 0 Å². The number of alkyl halides is 1. The van der Waals surface area contributed by atoms with E-state index in [4.69, 9.17) is 11.6 Å². The van der Waals surface area contributed by atoms with Crippen molar-refractivity contribution in [3.8, 4) is 0 Å². The van der Waals surface area contributed by atoms with Gasteiger partial charge in [-0.3, -0.25) is 9.59 Å². The van der Waals surface area contributed by atoms with Gasteiger partial charge in [0.1, 0.15) is 0 Å². The molecule has 1 aromatic rings. The maximum absolute atomic E-state index is 12.9. The van der Waals surface area contributed by atoms with Crippen LogP contribution in [-0.4, -0.2) is 28.4 Å². The van der Waals surface area contributed by atoms with Crippen molar-refractivity contribution in [2.24, 2.45) is 11.8 Å². The number of nitrogens with one attached hydrogen (secondary N) is 3. The predicted molar refractivity (Wildman–Crippen MR) is 114 cm³/mol. The van der Waals surface area contributed by atoms with E-state index in [-0.39, 0.29) is 41.3 Å². The van der Waals surface area contributed by atoms with E-state index in [1.807, 2.05) is 19.9 Å². The topological polar surface area (TPSA) is 74.0 Å². The fourth-order valence-electron chi connectivity index (χ4n) is 4.90. The number of rotatable bonds is 5. The van der Waals surface area contributed by atoms with Crippen LogP contribution >= 0.6 is 11.6 Å². The van der Waals surface area contributed by atoms with Crippen LogP contribution in [0.2, 0.25) is 0 Å². The molecule has 3 N–H and O–H groups in total. The summed E-state index contributed by atoms with van der Waals surface area (Å²) in [6.07, 6.45) is 7.97. The average molecular weight is 408 g/mol. The summed E-state index contributed by atoms with van der Waals surface area (Å²) < 4.78 is 0. The Balaban J connectivity index is 1.62.